The lowest BCUT2D eigenvalue weighted by atomic mass is 9.89. The quantitative estimate of drug-likeness (QED) is 0.407. The van der Waals surface area contributed by atoms with Gasteiger partial charge in [0.25, 0.3) is 11.5 Å². The van der Waals surface area contributed by atoms with E-state index in [0.29, 0.717) is 11.6 Å². The zero-order chi connectivity index (χ0) is 27.3. The van der Waals surface area contributed by atoms with E-state index in [4.69, 9.17) is 5.73 Å². The van der Waals surface area contributed by atoms with Gasteiger partial charge in [0, 0.05) is 68.0 Å². The van der Waals surface area contributed by atoms with Gasteiger partial charge in [-0.2, -0.15) is 0 Å². The molecule has 1 aliphatic carbocycles. The van der Waals surface area contributed by atoms with Crippen LogP contribution in [-0.4, -0.2) is 57.0 Å². The minimum atomic E-state index is -0.0170. The Balaban J connectivity index is 1.19. The molecule has 0 radical (unpaired) electrons. The standard InChI is InChI=1S/C31H36N6O2/c1-34(2)30(38)23-8-4-20(5-9-23)21-11-15-36(16-12-21)19-24-18-25-27(10-14-33-29(25)35(24)3)37-17-13-26(32)28(31(37)39)22-6-7-22/h4-5,8-10,13-14,17-18,21-22H,6-7,11-12,15-16,19,32H2,1-3H3. The van der Waals surface area contributed by atoms with Crippen molar-refractivity contribution in [3.8, 4) is 5.69 Å². The van der Waals surface area contributed by atoms with Crippen molar-refractivity contribution >= 4 is 22.6 Å². The van der Waals surface area contributed by atoms with Crippen LogP contribution in [0.3, 0.4) is 0 Å². The Hall–Kier alpha value is -3.91. The Morgan fingerprint density at radius 3 is 2.41 bits per heavy atom. The summed E-state index contributed by atoms with van der Waals surface area (Å²) in [6.45, 7) is 2.85. The van der Waals surface area contributed by atoms with E-state index in [1.807, 2.05) is 24.3 Å². The number of nitrogen functional groups attached to an aromatic ring is 1. The topological polar surface area (TPSA) is 89.4 Å². The van der Waals surface area contributed by atoms with Crippen molar-refractivity contribution in [2.24, 2.45) is 7.05 Å². The molecule has 8 heteroatoms. The number of nitrogens with zero attached hydrogens (tertiary/aromatic N) is 5. The average molecular weight is 525 g/mol. The highest BCUT2D eigenvalue weighted by Gasteiger charge is 2.29. The molecule has 1 aromatic carbocycles. The molecule has 8 nitrogen and oxygen atoms in total. The van der Waals surface area contributed by atoms with Gasteiger partial charge >= 0.3 is 0 Å². The number of pyridine rings is 2. The first-order valence-corrected chi connectivity index (χ1v) is 13.8. The van der Waals surface area contributed by atoms with Gasteiger partial charge in [0.1, 0.15) is 5.65 Å². The number of fused-ring (bicyclic) bond motifs is 1. The fourth-order valence-corrected chi connectivity index (χ4v) is 5.97. The summed E-state index contributed by atoms with van der Waals surface area (Å²) in [5.74, 6) is 0.826. The van der Waals surface area contributed by atoms with Crippen molar-refractivity contribution in [3.05, 3.63) is 87.6 Å². The predicted octanol–water partition coefficient (Wildman–Crippen LogP) is 4.27. The van der Waals surface area contributed by atoms with Gasteiger partial charge in [-0.3, -0.25) is 19.1 Å². The Labute approximate surface area is 228 Å². The Morgan fingerprint density at radius 1 is 1.03 bits per heavy atom. The van der Waals surface area contributed by atoms with Crippen LogP contribution in [0.15, 0.2) is 59.7 Å². The molecule has 1 saturated heterocycles. The zero-order valence-corrected chi connectivity index (χ0v) is 22.9. The molecule has 0 bridgehead atoms. The van der Waals surface area contributed by atoms with Gasteiger partial charge in [-0.25, -0.2) is 4.98 Å². The molecule has 2 N–H and O–H groups in total. The Morgan fingerprint density at radius 2 is 1.74 bits per heavy atom. The lowest BCUT2D eigenvalue weighted by molar-refractivity contribution is 0.0827. The third-order valence-corrected chi connectivity index (χ3v) is 8.42. The highest BCUT2D eigenvalue weighted by molar-refractivity contribution is 5.93. The summed E-state index contributed by atoms with van der Waals surface area (Å²) in [5.41, 5.74) is 12.5. The van der Waals surface area contributed by atoms with Crippen LogP contribution in [0, 0.1) is 0 Å². The molecule has 39 heavy (non-hydrogen) atoms. The number of hydrogen-bond acceptors (Lipinski definition) is 5. The number of carbonyl (C=O) groups excluding carboxylic acids is 1. The molecule has 6 rings (SSSR count). The van der Waals surface area contributed by atoms with E-state index < -0.39 is 0 Å². The number of hydrogen-bond donors (Lipinski definition) is 1. The van der Waals surface area contributed by atoms with E-state index >= 15 is 0 Å². The number of amides is 1. The summed E-state index contributed by atoms with van der Waals surface area (Å²) in [7, 11) is 5.61. The van der Waals surface area contributed by atoms with Crippen molar-refractivity contribution in [2.75, 3.05) is 32.9 Å². The maximum Gasteiger partial charge on any atom is 0.260 e. The van der Waals surface area contributed by atoms with Crippen molar-refractivity contribution in [2.45, 2.75) is 44.1 Å². The zero-order valence-electron chi connectivity index (χ0n) is 22.9. The number of nitrogens with two attached hydrogens (primary N) is 1. The van der Waals surface area contributed by atoms with Crippen LogP contribution in [0.25, 0.3) is 16.7 Å². The number of rotatable bonds is 6. The van der Waals surface area contributed by atoms with E-state index in [9.17, 15) is 9.59 Å². The van der Waals surface area contributed by atoms with Crippen molar-refractivity contribution in [3.63, 3.8) is 0 Å². The molecule has 2 aliphatic rings. The fourth-order valence-electron chi connectivity index (χ4n) is 5.97. The molecule has 0 unspecified atom stereocenters. The second kappa shape index (κ2) is 10.0. The number of likely N-dealkylation sites (tertiary alicyclic amines) is 1. The normalized spacial score (nSPS) is 16.6. The highest BCUT2D eigenvalue weighted by atomic mass is 16.2. The first kappa shape index (κ1) is 25.4. The van der Waals surface area contributed by atoms with Crippen LogP contribution < -0.4 is 11.3 Å². The summed E-state index contributed by atoms with van der Waals surface area (Å²) in [5, 5.41) is 0.978. The van der Waals surface area contributed by atoms with Gasteiger partial charge < -0.3 is 15.2 Å². The van der Waals surface area contributed by atoms with Gasteiger partial charge in [-0.15, -0.1) is 0 Å². The van der Waals surface area contributed by atoms with Gasteiger partial charge in [0.05, 0.1) is 5.69 Å². The van der Waals surface area contributed by atoms with Crippen LogP contribution >= 0.6 is 0 Å². The molecule has 1 saturated carbocycles. The van der Waals surface area contributed by atoms with Crippen LogP contribution in [-0.2, 0) is 13.6 Å². The third kappa shape index (κ3) is 4.74. The summed E-state index contributed by atoms with van der Waals surface area (Å²) < 4.78 is 3.89. The van der Waals surface area contributed by atoms with Crippen LogP contribution in [0.2, 0.25) is 0 Å². The number of carbonyl (C=O) groups is 1. The predicted molar refractivity (Wildman–Crippen MR) is 154 cm³/mol. The Bertz CT molecular complexity index is 1590. The molecule has 4 aromatic rings. The molecule has 1 amide bonds. The van der Waals surface area contributed by atoms with Crippen LogP contribution in [0.5, 0.6) is 0 Å². The largest absolute Gasteiger partial charge is 0.398 e. The van der Waals surface area contributed by atoms with E-state index in [1.165, 1.54) is 11.3 Å². The third-order valence-electron chi connectivity index (χ3n) is 8.42. The fraction of sp³-hybridized carbons (Fsp3) is 0.387. The second-order valence-corrected chi connectivity index (χ2v) is 11.3. The molecular weight excluding hydrogens is 488 g/mol. The molecule has 3 aromatic heterocycles. The Kier molecular flexibility index (Phi) is 6.51. The highest BCUT2D eigenvalue weighted by Crippen LogP contribution is 2.41. The average Bonchev–Trinajstić information content (AvgIpc) is 3.73. The summed E-state index contributed by atoms with van der Waals surface area (Å²) in [6, 6.07) is 14.1. The smallest absolute Gasteiger partial charge is 0.260 e. The van der Waals surface area contributed by atoms with Gasteiger partial charge in [0.2, 0.25) is 0 Å². The lowest BCUT2D eigenvalue weighted by Crippen LogP contribution is -2.33. The van der Waals surface area contributed by atoms with Crippen LogP contribution in [0.4, 0.5) is 5.69 Å². The van der Waals surface area contributed by atoms with Gasteiger partial charge in [-0.05, 0) is 86.5 Å². The summed E-state index contributed by atoms with van der Waals surface area (Å²) in [4.78, 5) is 34.4. The number of aryl methyl sites for hydroxylation is 1. The summed E-state index contributed by atoms with van der Waals surface area (Å²) >= 11 is 0. The molecule has 0 spiro atoms. The molecule has 2 fully saturated rings. The molecule has 1 aliphatic heterocycles. The van der Waals surface area contributed by atoms with Gasteiger partial charge in [-0.1, -0.05) is 12.1 Å². The monoisotopic (exact) mass is 524 g/mol. The maximum absolute atomic E-state index is 13.4. The molecule has 0 atom stereocenters. The number of benzene rings is 1. The van der Waals surface area contributed by atoms with Crippen molar-refractivity contribution in [1.29, 1.82) is 0 Å². The molecular formula is C31H36N6O2. The van der Waals surface area contributed by atoms with Gasteiger partial charge in [0.15, 0.2) is 0 Å². The molecule has 4 heterocycles. The molecule has 202 valence electrons. The minimum Gasteiger partial charge on any atom is -0.398 e. The number of anilines is 1. The first-order chi connectivity index (χ1) is 18.8. The van der Waals surface area contributed by atoms with Crippen molar-refractivity contribution < 1.29 is 4.79 Å². The number of aromatic nitrogens is 3. The van der Waals surface area contributed by atoms with E-state index in [0.717, 1.165) is 73.2 Å². The van der Waals surface area contributed by atoms with E-state index in [-0.39, 0.29) is 17.4 Å². The van der Waals surface area contributed by atoms with E-state index in [1.54, 1.807) is 36.0 Å². The van der Waals surface area contributed by atoms with E-state index in [2.05, 4.69) is 39.7 Å². The maximum atomic E-state index is 13.4. The summed E-state index contributed by atoms with van der Waals surface area (Å²) in [6.07, 6.45) is 7.80. The number of piperidine rings is 1. The first-order valence-electron chi connectivity index (χ1n) is 13.8. The second-order valence-electron chi connectivity index (χ2n) is 11.3. The van der Waals surface area contributed by atoms with Crippen LogP contribution in [0.1, 0.15) is 64.7 Å². The lowest BCUT2D eigenvalue weighted by Gasteiger charge is -2.32. The SMILES string of the molecule is CN(C)C(=O)c1ccc(C2CCN(Cc3cc4c(-n5ccc(N)c(C6CC6)c5=O)ccnc4n3C)CC2)cc1. The minimum absolute atomic E-state index is 0.0170. The van der Waals surface area contributed by atoms with Crippen molar-refractivity contribution in [1.82, 2.24) is 23.9 Å².